The van der Waals surface area contributed by atoms with E-state index in [1.807, 2.05) is 0 Å². The van der Waals surface area contributed by atoms with Crippen molar-refractivity contribution in [1.29, 1.82) is 0 Å². The third kappa shape index (κ3) is 2.96. The molecule has 4 N–H and O–H groups in total. The van der Waals surface area contributed by atoms with Crippen LogP contribution in [-0.2, 0) is 23.9 Å². The van der Waals surface area contributed by atoms with Gasteiger partial charge in [-0.05, 0) is 0 Å². The predicted octanol–water partition coefficient (Wildman–Crippen LogP) is -2.18. The standard InChI is InChI=1S/C2H4N2O7S2/c3-1(5)12(7,8)11-13(9,10)2(4)6/h(H2,3,5)(H2,4,6). The Labute approximate surface area is 72.9 Å². The number of carbonyl (C=O) groups is 2. The second-order valence-electron chi connectivity index (χ2n) is 1.61. The van der Waals surface area contributed by atoms with Gasteiger partial charge in [-0.25, -0.2) is 0 Å². The van der Waals surface area contributed by atoms with Gasteiger partial charge < -0.3 is 11.5 Å². The quantitative estimate of drug-likeness (QED) is 0.546. The molecule has 9 nitrogen and oxygen atoms in total. The number of carbonyl (C=O) groups excluding carboxylic acids is 2. The number of primary amides is 2. The van der Waals surface area contributed by atoms with E-state index in [1.54, 1.807) is 0 Å². The molecule has 76 valence electrons. The van der Waals surface area contributed by atoms with Crippen molar-refractivity contribution in [2.75, 3.05) is 0 Å². The van der Waals surface area contributed by atoms with Gasteiger partial charge in [0.15, 0.2) is 0 Å². The second kappa shape index (κ2) is 3.27. The topological polar surface area (TPSA) is 164 Å². The minimum absolute atomic E-state index is 2.04. The first kappa shape index (κ1) is 11.8. The van der Waals surface area contributed by atoms with E-state index < -0.39 is 30.7 Å². The first-order chi connectivity index (χ1) is 5.59. The van der Waals surface area contributed by atoms with Crippen molar-refractivity contribution >= 4 is 30.7 Å². The minimum atomic E-state index is -5.15. The average molecular weight is 232 g/mol. The Balaban J connectivity index is 5.08. The highest BCUT2D eigenvalue weighted by molar-refractivity contribution is 8.13. The van der Waals surface area contributed by atoms with Crippen molar-refractivity contribution < 1.29 is 30.1 Å². The second-order valence-corrected chi connectivity index (χ2v) is 4.78. The van der Waals surface area contributed by atoms with Gasteiger partial charge in [0.25, 0.3) is 0 Å². The summed E-state index contributed by atoms with van der Waals surface area (Å²) in [5.41, 5.74) is 8.42. The summed E-state index contributed by atoms with van der Waals surface area (Å²) in [6.45, 7) is 0. The molecule has 0 spiro atoms. The minimum Gasteiger partial charge on any atom is -0.354 e. The molecule has 0 aliphatic heterocycles. The van der Waals surface area contributed by atoms with Crippen LogP contribution in [0, 0.1) is 0 Å². The van der Waals surface area contributed by atoms with Gasteiger partial charge in [0.1, 0.15) is 0 Å². The maximum atomic E-state index is 10.4. The van der Waals surface area contributed by atoms with Crippen LogP contribution in [0.5, 0.6) is 0 Å². The Morgan fingerprint density at radius 1 is 0.846 bits per heavy atom. The summed E-state index contributed by atoms with van der Waals surface area (Å²) in [7, 11) is -10.3. The highest BCUT2D eigenvalue weighted by Crippen LogP contribution is 2.01. The molecule has 0 aromatic carbocycles. The molecule has 0 radical (unpaired) electrons. The van der Waals surface area contributed by atoms with Gasteiger partial charge in [-0.1, -0.05) is 0 Å². The van der Waals surface area contributed by atoms with Gasteiger partial charge in [0.05, 0.1) is 0 Å². The van der Waals surface area contributed by atoms with Gasteiger partial charge in [0.2, 0.25) is 0 Å². The molecule has 0 bridgehead atoms. The van der Waals surface area contributed by atoms with Crippen molar-refractivity contribution in [3.63, 3.8) is 0 Å². The van der Waals surface area contributed by atoms with Gasteiger partial charge in [-0.15, -0.1) is 3.63 Å². The molecule has 0 aliphatic rings. The average Bonchev–Trinajstić information content (AvgIpc) is 1.83. The molecule has 0 saturated carbocycles. The summed E-state index contributed by atoms with van der Waals surface area (Å²) in [6.07, 6.45) is 0. The zero-order valence-corrected chi connectivity index (χ0v) is 7.46. The Morgan fingerprint density at radius 3 is 1.23 bits per heavy atom. The van der Waals surface area contributed by atoms with E-state index in [0.29, 0.717) is 0 Å². The van der Waals surface area contributed by atoms with E-state index in [9.17, 15) is 26.4 Å². The number of rotatable bonds is 2. The fraction of sp³-hybridized carbons (Fsp3) is 0. The van der Waals surface area contributed by atoms with Crippen molar-refractivity contribution in [3.05, 3.63) is 0 Å². The summed E-state index contributed by atoms with van der Waals surface area (Å²) in [5, 5.41) is -4.09. The highest BCUT2D eigenvalue weighted by Gasteiger charge is 2.32. The zero-order chi connectivity index (χ0) is 10.9. The van der Waals surface area contributed by atoms with Crippen molar-refractivity contribution in [3.8, 4) is 0 Å². The lowest BCUT2D eigenvalue weighted by molar-refractivity contribution is 0.261. The third-order valence-electron chi connectivity index (χ3n) is 0.672. The molecule has 0 unspecified atom stereocenters. The fourth-order valence-electron chi connectivity index (χ4n) is 0.185. The molecule has 0 heterocycles. The molecule has 13 heavy (non-hydrogen) atoms. The lowest BCUT2D eigenvalue weighted by Gasteiger charge is -1.97. The van der Waals surface area contributed by atoms with E-state index in [4.69, 9.17) is 0 Å². The first-order valence-electron chi connectivity index (χ1n) is 2.39. The molecular formula is C2H4N2O7S2. The smallest absolute Gasteiger partial charge is 0.354 e. The molecule has 0 rings (SSSR count). The first-order valence-corrected chi connectivity index (χ1v) is 5.21. The van der Waals surface area contributed by atoms with Crippen LogP contribution in [-0.4, -0.2) is 27.3 Å². The number of nitrogens with two attached hydrogens (primary N) is 2. The molecular weight excluding hydrogens is 228 g/mol. The van der Waals surface area contributed by atoms with Crippen LogP contribution < -0.4 is 11.5 Å². The Hall–Kier alpha value is -1.20. The molecule has 0 fully saturated rings. The number of hydrogen-bond donors (Lipinski definition) is 2. The maximum Gasteiger partial charge on any atom is 0.366 e. The van der Waals surface area contributed by atoms with Crippen LogP contribution in [0.1, 0.15) is 0 Å². The van der Waals surface area contributed by atoms with Gasteiger partial charge in [-0.2, -0.15) is 16.8 Å². The van der Waals surface area contributed by atoms with Crippen molar-refractivity contribution in [2.45, 2.75) is 0 Å². The van der Waals surface area contributed by atoms with Crippen LogP contribution in [0.4, 0.5) is 9.59 Å². The monoisotopic (exact) mass is 232 g/mol. The van der Waals surface area contributed by atoms with Crippen molar-refractivity contribution in [1.82, 2.24) is 0 Å². The number of amides is 2. The van der Waals surface area contributed by atoms with E-state index >= 15 is 0 Å². The third-order valence-corrected chi connectivity index (χ3v) is 3.09. The highest BCUT2D eigenvalue weighted by atomic mass is 32.3. The Bertz CT molecular complexity index is 387. The van der Waals surface area contributed by atoms with E-state index in [1.165, 1.54) is 0 Å². The Kier molecular flexibility index (Phi) is 2.97. The van der Waals surface area contributed by atoms with Crippen LogP contribution in [0.2, 0.25) is 0 Å². The summed E-state index contributed by atoms with van der Waals surface area (Å²) >= 11 is 0. The summed E-state index contributed by atoms with van der Waals surface area (Å²) < 4.78 is 44.6. The lowest BCUT2D eigenvalue weighted by Crippen LogP contribution is -2.31. The fourth-order valence-corrected chi connectivity index (χ4v) is 1.66. The summed E-state index contributed by atoms with van der Waals surface area (Å²) in [5.74, 6) is 0. The number of hydrogen-bond acceptors (Lipinski definition) is 7. The lowest BCUT2D eigenvalue weighted by atomic mass is 11.5. The van der Waals surface area contributed by atoms with E-state index in [2.05, 4.69) is 15.1 Å². The molecule has 0 aromatic rings. The Morgan fingerprint density at radius 2 is 1.08 bits per heavy atom. The van der Waals surface area contributed by atoms with Crippen LogP contribution in [0.25, 0.3) is 0 Å². The summed E-state index contributed by atoms with van der Waals surface area (Å²) in [6, 6.07) is 0. The molecule has 0 saturated heterocycles. The maximum absolute atomic E-state index is 10.4. The van der Waals surface area contributed by atoms with Gasteiger partial charge in [0, 0.05) is 0 Å². The van der Waals surface area contributed by atoms with Crippen LogP contribution in [0.3, 0.4) is 0 Å². The van der Waals surface area contributed by atoms with Crippen LogP contribution >= 0.6 is 0 Å². The normalized spacial score (nSPS) is 12.3. The van der Waals surface area contributed by atoms with E-state index in [0.717, 1.165) is 0 Å². The zero-order valence-electron chi connectivity index (χ0n) is 5.83. The van der Waals surface area contributed by atoms with Gasteiger partial charge in [-0.3, -0.25) is 9.59 Å². The van der Waals surface area contributed by atoms with Crippen LogP contribution in [0.15, 0.2) is 0 Å². The molecule has 0 aliphatic carbocycles. The largest absolute Gasteiger partial charge is 0.366 e. The van der Waals surface area contributed by atoms with Crippen molar-refractivity contribution in [2.24, 2.45) is 11.5 Å². The molecule has 2 amide bonds. The predicted molar refractivity (Wildman–Crippen MR) is 38.1 cm³/mol. The van der Waals surface area contributed by atoms with Gasteiger partial charge >= 0.3 is 30.7 Å². The summed E-state index contributed by atoms with van der Waals surface area (Å²) in [4.78, 5) is 20.0. The van der Waals surface area contributed by atoms with E-state index in [-0.39, 0.29) is 0 Å². The molecule has 11 heteroatoms. The molecule has 0 aromatic heterocycles. The SMILES string of the molecule is NC(=O)S(=O)(=O)OS(=O)(=O)C(N)=O. The molecule has 0 atom stereocenters.